The number of nitrogens with one attached hydrogen (secondary N) is 1. The van der Waals surface area contributed by atoms with E-state index >= 15 is 0 Å². The van der Waals surface area contributed by atoms with E-state index in [9.17, 15) is 9.90 Å². The van der Waals surface area contributed by atoms with Crippen LogP contribution in [-0.4, -0.2) is 33.1 Å². The molecule has 0 unspecified atom stereocenters. The zero-order valence-corrected chi connectivity index (χ0v) is 13.3. The minimum Gasteiger partial charge on any atom is -0.506 e. The van der Waals surface area contributed by atoms with Gasteiger partial charge in [-0.1, -0.05) is 6.58 Å². The standard InChI is InChI=1S/C17H16N4O3/c1-10(2)17(23)18-11-4-7-16(22)15(8-11)21-19-13-6-5-12(24-3)9-14(13)20-21/h4-9,22H,1H2,2-3H3,(H,18,23). The van der Waals surface area contributed by atoms with Crippen molar-refractivity contribution in [2.45, 2.75) is 6.92 Å². The molecule has 3 aromatic rings. The van der Waals surface area contributed by atoms with Crippen molar-refractivity contribution in [2.24, 2.45) is 0 Å². The van der Waals surface area contributed by atoms with Gasteiger partial charge in [-0.15, -0.1) is 15.0 Å². The minimum atomic E-state index is -0.296. The Hall–Kier alpha value is -3.35. The summed E-state index contributed by atoms with van der Waals surface area (Å²) in [5.41, 5.74) is 2.54. The molecule has 3 rings (SSSR count). The van der Waals surface area contributed by atoms with Crippen molar-refractivity contribution in [1.29, 1.82) is 0 Å². The number of aromatic nitrogens is 3. The second kappa shape index (κ2) is 6.04. The van der Waals surface area contributed by atoms with Gasteiger partial charge in [0, 0.05) is 17.3 Å². The van der Waals surface area contributed by atoms with Gasteiger partial charge in [0.05, 0.1) is 7.11 Å². The molecule has 0 aliphatic heterocycles. The highest BCUT2D eigenvalue weighted by atomic mass is 16.5. The zero-order chi connectivity index (χ0) is 17.3. The number of fused-ring (bicyclic) bond motifs is 1. The fourth-order valence-corrected chi connectivity index (χ4v) is 2.13. The van der Waals surface area contributed by atoms with Crippen molar-refractivity contribution in [3.05, 3.63) is 48.6 Å². The monoisotopic (exact) mass is 324 g/mol. The number of carbonyl (C=O) groups is 1. The number of ether oxygens (including phenoxy) is 1. The van der Waals surface area contributed by atoms with Gasteiger partial charge in [0.2, 0.25) is 0 Å². The van der Waals surface area contributed by atoms with Crippen molar-refractivity contribution in [2.75, 3.05) is 12.4 Å². The Morgan fingerprint density at radius 1 is 1.21 bits per heavy atom. The number of phenols is 1. The number of nitrogens with zero attached hydrogens (tertiary/aromatic N) is 3. The minimum absolute atomic E-state index is 0.00408. The van der Waals surface area contributed by atoms with Gasteiger partial charge in [0.15, 0.2) is 0 Å². The lowest BCUT2D eigenvalue weighted by molar-refractivity contribution is -0.112. The first-order chi connectivity index (χ1) is 11.5. The van der Waals surface area contributed by atoms with Crippen molar-refractivity contribution in [1.82, 2.24) is 15.0 Å². The Kier molecular flexibility index (Phi) is 3.91. The Morgan fingerprint density at radius 2 is 1.96 bits per heavy atom. The van der Waals surface area contributed by atoms with Gasteiger partial charge < -0.3 is 15.2 Å². The summed E-state index contributed by atoms with van der Waals surface area (Å²) >= 11 is 0. The van der Waals surface area contributed by atoms with Crippen LogP contribution in [0.5, 0.6) is 11.5 Å². The van der Waals surface area contributed by atoms with Crippen LogP contribution in [0, 0.1) is 0 Å². The number of hydrogen-bond acceptors (Lipinski definition) is 5. The van der Waals surface area contributed by atoms with Gasteiger partial charge >= 0.3 is 0 Å². The van der Waals surface area contributed by atoms with E-state index in [1.807, 2.05) is 0 Å². The van der Waals surface area contributed by atoms with Gasteiger partial charge in [0.1, 0.15) is 28.2 Å². The predicted molar refractivity (Wildman–Crippen MR) is 90.5 cm³/mol. The second-order valence-corrected chi connectivity index (χ2v) is 5.28. The summed E-state index contributed by atoms with van der Waals surface area (Å²) in [6.45, 7) is 5.21. The van der Waals surface area contributed by atoms with Crippen LogP contribution in [0.4, 0.5) is 5.69 Å². The molecule has 122 valence electrons. The molecule has 1 heterocycles. The third kappa shape index (κ3) is 2.91. The maximum absolute atomic E-state index is 11.7. The van der Waals surface area contributed by atoms with E-state index in [-0.39, 0.29) is 11.7 Å². The summed E-state index contributed by atoms with van der Waals surface area (Å²) < 4.78 is 5.16. The molecule has 1 aromatic heterocycles. The zero-order valence-electron chi connectivity index (χ0n) is 13.3. The lowest BCUT2D eigenvalue weighted by Crippen LogP contribution is -2.12. The Bertz CT molecular complexity index is 946. The van der Waals surface area contributed by atoms with Crippen LogP contribution < -0.4 is 10.1 Å². The molecule has 0 spiro atoms. The molecule has 2 N–H and O–H groups in total. The second-order valence-electron chi connectivity index (χ2n) is 5.28. The number of benzene rings is 2. The maximum Gasteiger partial charge on any atom is 0.250 e. The number of carbonyl (C=O) groups excluding carboxylic acids is 1. The molecule has 0 saturated heterocycles. The lowest BCUT2D eigenvalue weighted by Gasteiger charge is -2.08. The van der Waals surface area contributed by atoms with Crippen LogP contribution in [0.2, 0.25) is 0 Å². The average molecular weight is 324 g/mol. The van der Waals surface area contributed by atoms with Gasteiger partial charge in [-0.3, -0.25) is 4.79 Å². The molecule has 0 radical (unpaired) electrons. The number of methoxy groups -OCH3 is 1. The van der Waals surface area contributed by atoms with Crippen molar-refractivity contribution >= 4 is 22.6 Å². The predicted octanol–water partition coefficient (Wildman–Crippen LogP) is 2.65. The maximum atomic E-state index is 11.7. The lowest BCUT2D eigenvalue weighted by atomic mass is 10.2. The Morgan fingerprint density at radius 3 is 2.67 bits per heavy atom. The fraction of sp³-hybridized carbons (Fsp3) is 0.118. The molecular weight excluding hydrogens is 308 g/mol. The van der Waals surface area contributed by atoms with Gasteiger partial charge in [-0.2, -0.15) is 0 Å². The molecule has 0 bridgehead atoms. The molecular formula is C17H16N4O3. The van der Waals surface area contributed by atoms with Crippen LogP contribution in [0.25, 0.3) is 16.7 Å². The number of amides is 1. The molecule has 0 atom stereocenters. The van der Waals surface area contributed by atoms with Gasteiger partial charge in [-0.25, -0.2) is 0 Å². The van der Waals surface area contributed by atoms with E-state index in [1.54, 1.807) is 44.4 Å². The van der Waals surface area contributed by atoms with E-state index in [1.165, 1.54) is 10.9 Å². The first-order valence-corrected chi connectivity index (χ1v) is 7.19. The van der Waals surface area contributed by atoms with Crippen molar-refractivity contribution in [3.8, 4) is 17.2 Å². The molecule has 0 aliphatic rings. The number of aromatic hydroxyl groups is 1. The summed E-state index contributed by atoms with van der Waals surface area (Å²) in [6, 6.07) is 9.96. The summed E-state index contributed by atoms with van der Waals surface area (Å²) in [5.74, 6) is 0.367. The number of anilines is 1. The smallest absolute Gasteiger partial charge is 0.250 e. The van der Waals surface area contributed by atoms with Crippen molar-refractivity contribution < 1.29 is 14.6 Å². The highest BCUT2D eigenvalue weighted by molar-refractivity contribution is 6.03. The Balaban J connectivity index is 2.02. The van der Waals surface area contributed by atoms with Gasteiger partial charge in [-0.05, 0) is 37.3 Å². The van der Waals surface area contributed by atoms with Crippen molar-refractivity contribution in [3.63, 3.8) is 0 Å². The van der Waals surface area contributed by atoms with E-state index < -0.39 is 0 Å². The third-order valence-corrected chi connectivity index (χ3v) is 3.42. The molecule has 0 fully saturated rings. The first kappa shape index (κ1) is 15.5. The first-order valence-electron chi connectivity index (χ1n) is 7.19. The highest BCUT2D eigenvalue weighted by Crippen LogP contribution is 2.26. The molecule has 7 heteroatoms. The SMILES string of the molecule is C=C(C)C(=O)Nc1ccc(O)c(-n2nc3ccc(OC)cc3n2)c1. The Labute approximate surface area is 138 Å². The topological polar surface area (TPSA) is 89.3 Å². The normalized spacial score (nSPS) is 10.6. The average Bonchev–Trinajstić information content (AvgIpc) is 2.99. The number of hydrogen-bond donors (Lipinski definition) is 2. The molecule has 24 heavy (non-hydrogen) atoms. The molecule has 0 saturated carbocycles. The van der Waals surface area contributed by atoms with E-state index in [2.05, 4.69) is 22.1 Å². The quantitative estimate of drug-likeness (QED) is 0.569. The summed E-state index contributed by atoms with van der Waals surface area (Å²) in [4.78, 5) is 13.0. The third-order valence-electron chi connectivity index (χ3n) is 3.42. The molecule has 2 aromatic carbocycles. The molecule has 0 aliphatic carbocycles. The molecule has 1 amide bonds. The van der Waals surface area contributed by atoms with Crippen LogP contribution >= 0.6 is 0 Å². The number of phenolic OH excluding ortho intramolecular Hbond substituents is 1. The summed E-state index contributed by atoms with van der Waals surface area (Å²) in [5, 5.41) is 21.5. The van der Waals surface area contributed by atoms with E-state index in [0.29, 0.717) is 33.7 Å². The van der Waals surface area contributed by atoms with Crippen LogP contribution in [0.15, 0.2) is 48.6 Å². The van der Waals surface area contributed by atoms with Crippen LogP contribution in [0.1, 0.15) is 6.92 Å². The van der Waals surface area contributed by atoms with Gasteiger partial charge in [0.25, 0.3) is 5.91 Å². The highest BCUT2D eigenvalue weighted by Gasteiger charge is 2.12. The van der Waals surface area contributed by atoms with Crippen LogP contribution in [-0.2, 0) is 4.79 Å². The largest absolute Gasteiger partial charge is 0.506 e. The summed E-state index contributed by atoms with van der Waals surface area (Å²) in [6.07, 6.45) is 0. The van der Waals surface area contributed by atoms with E-state index in [0.717, 1.165) is 0 Å². The number of rotatable bonds is 4. The fourth-order valence-electron chi connectivity index (χ4n) is 2.13. The van der Waals surface area contributed by atoms with Crippen LogP contribution in [0.3, 0.4) is 0 Å². The summed E-state index contributed by atoms with van der Waals surface area (Å²) in [7, 11) is 1.57. The van der Waals surface area contributed by atoms with E-state index in [4.69, 9.17) is 4.74 Å². The molecule has 7 nitrogen and oxygen atoms in total.